The molecule has 1 atom stereocenters. The SMILES string of the molecule is O=C(C[C@@H]1NC(=O)c2ccccc2NC1=O)NCCCCCc1nnc2ccccn12. The lowest BCUT2D eigenvalue weighted by Gasteiger charge is -2.14. The number of fused-ring (bicyclic) bond motifs is 2. The monoisotopic (exact) mass is 420 g/mol. The molecule has 3 aromatic rings. The molecule has 0 saturated heterocycles. The fourth-order valence-corrected chi connectivity index (χ4v) is 3.59. The summed E-state index contributed by atoms with van der Waals surface area (Å²) in [5.41, 5.74) is 1.68. The normalized spacial score (nSPS) is 15.7. The molecule has 3 amide bonds. The maximum absolute atomic E-state index is 12.4. The summed E-state index contributed by atoms with van der Waals surface area (Å²) in [5, 5.41) is 16.5. The Morgan fingerprint density at radius 2 is 1.87 bits per heavy atom. The third-order valence-corrected chi connectivity index (χ3v) is 5.22. The number of hydrogen-bond acceptors (Lipinski definition) is 5. The maximum atomic E-state index is 12.4. The number of para-hydroxylation sites is 1. The van der Waals surface area contributed by atoms with E-state index in [9.17, 15) is 14.4 Å². The molecule has 2 aromatic heterocycles. The molecule has 0 radical (unpaired) electrons. The van der Waals surface area contributed by atoms with E-state index in [1.807, 2.05) is 28.8 Å². The molecule has 0 aliphatic carbocycles. The van der Waals surface area contributed by atoms with Gasteiger partial charge in [0.15, 0.2) is 5.65 Å². The van der Waals surface area contributed by atoms with Gasteiger partial charge in [0.2, 0.25) is 11.8 Å². The van der Waals surface area contributed by atoms with Crippen LogP contribution in [-0.2, 0) is 16.0 Å². The standard InChI is InChI=1S/C22H24N6O3/c29-20(14-17-22(31)24-16-9-4-3-8-15(16)21(30)25-17)23-12-6-1-2-10-18-26-27-19-11-5-7-13-28(18)19/h3-5,7-9,11,13,17H,1-2,6,10,12,14H2,(H,23,29)(H,24,31)(H,25,30)/t17-/m0/s1. The van der Waals surface area contributed by atoms with Crippen LogP contribution < -0.4 is 16.0 Å². The van der Waals surface area contributed by atoms with Crippen LogP contribution in [0.1, 0.15) is 41.9 Å². The summed E-state index contributed by atoms with van der Waals surface area (Å²) < 4.78 is 1.98. The van der Waals surface area contributed by atoms with Crippen molar-refractivity contribution < 1.29 is 14.4 Å². The lowest BCUT2D eigenvalue weighted by atomic mass is 10.1. The average molecular weight is 420 g/mol. The second kappa shape index (κ2) is 9.38. The number of carbonyl (C=O) groups excluding carboxylic acids is 3. The second-order valence-electron chi connectivity index (χ2n) is 7.47. The highest BCUT2D eigenvalue weighted by atomic mass is 16.2. The Morgan fingerprint density at radius 1 is 1.03 bits per heavy atom. The molecule has 0 unspecified atom stereocenters. The van der Waals surface area contributed by atoms with E-state index in [1.54, 1.807) is 24.3 Å². The summed E-state index contributed by atoms with van der Waals surface area (Å²) in [6, 6.07) is 11.7. The Hall–Kier alpha value is -3.75. The molecule has 9 heteroatoms. The van der Waals surface area contributed by atoms with Crippen molar-refractivity contribution in [2.45, 2.75) is 38.1 Å². The Balaban J connectivity index is 1.18. The predicted molar refractivity (Wildman–Crippen MR) is 114 cm³/mol. The number of unbranched alkanes of at least 4 members (excludes halogenated alkanes) is 2. The Labute approximate surface area is 179 Å². The number of rotatable bonds is 8. The van der Waals surface area contributed by atoms with Crippen LogP contribution in [0.2, 0.25) is 0 Å². The van der Waals surface area contributed by atoms with Crippen LogP contribution in [0.15, 0.2) is 48.7 Å². The minimum absolute atomic E-state index is 0.0999. The third kappa shape index (κ3) is 4.88. The average Bonchev–Trinajstić information content (AvgIpc) is 3.14. The Morgan fingerprint density at radius 3 is 2.77 bits per heavy atom. The first-order valence-electron chi connectivity index (χ1n) is 10.4. The van der Waals surface area contributed by atoms with E-state index in [4.69, 9.17) is 0 Å². The molecule has 160 valence electrons. The number of aromatic nitrogens is 3. The van der Waals surface area contributed by atoms with Crippen molar-refractivity contribution >= 4 is 29.1 Å². The molecular formula is C22H24N6O3. The number of aryl methyl sites for hydroxylation is 1. The first kappa shape index (κ1) is 20.5. The smallest absolute Gasteiger partial charge is 0.254 e. The van der Waals surface area contributed by atoms with Gasteiger partial charge in [-0.15, -0.1) is 10.2 Å². The molecule has 1 aliphatic heterocycles. The lowest BCUT2D eigenvalue weighted by Crippen LogP contribution is -2.44. The van der Waals surface area contributed by atoms with Crippen molar-refractivity contribution in [3.63, 3.8) is 0 Å². The number of benzene rings is 1. The lowest BCUT2D eigenvalue weighted by molar-refractivity contribution is -0.125. The summed E-state index contributed by atoms with van der Waals surface area (Å²) in [4.78, 5) is 36.9. The number of hydrogen-bond donors (Lipinski definition) is 3. The van der Waals surface area contributed by atoms with E-state index in [0.717, 1.165) is 37.2 Å². The van der Waals surface area contributed by atoms with E-state index in [2.05, 4.69) is 26.1 Å². The number of nitrogens with one attached hydrogen (secondary N) is 3. The molecule has 0 saturated carbocycles. The van der Waals surface area contributed by atoms with Crippen LogP contribution >= 0.6 is 0 Å². The van der Waals surface area contributed by atoms with Crippen LogP contribution in [0, 0.1) is 0 Å². The van der Waals surface area contributed by atoms with Crippen LogP contribution in [0.25, 0.3) is 5.65 Å². The minimum atomic E-state index is -0.902. The molecule has 0 fully saturated rings. The van der Waals surface area contributed by atoms with E-state index < -0.39 is 11.9 Å². The molecule has 3 heterocycles. The van der Waals surface area contributed by atoms with Gasteiger partial charge in [0.05, 0.1) is 17.7 Å². The summed E-state index contributed by atoms with van der Waals surface area (Å²) in [7, 11) is 0. The van der Waals surface area contributed by atoms with Crippen LogP contribution in [0.5, 0.6) is 0 Å². The van der Waals surface area contributed by atoms with E-state index in [1.165, 1.54) is 0 Å². The fourth-order valence-electron chi connectivity index (χ4n) is 3.59. The highest BCUT2D eigenvalue weighted by Gasteiger charge is 2.29. The molecule has 1 aromatic carbocycles. The molecule has 4 rings (SSSR count). The summed E-state index contributed by atoms with van der Waals surface area (Å²) in [5.74, 6) is -0.104. The molecule has 9 nitrogen and oxygen atoms in total. The van der Waals surface area contributed by atoms with Crippen molar-refractivity contribution in [2.24, 2.45) is 0 Å². The molecular weight excluding hydrogens is 396 g/mol. The molecule has 1 aliphatic rings. The zero-order valence-corrected chi connectivity index (χ0v) is 17.0. The fraction of sp³-hybridized carbons (Fsp3) is 0.318. The summed E-state index contributed by atoms with van der Waals surface area (Å²) >= 11 is 0. The molecule has 0 bridgehead atoms. The summed E-state index contributed by atoms with van der Waals surface area (Å²) in [6.45, 7) is 0.516. The van der Waals surface area contributed by atoms with Crippen molar-refractivity contribution in [1.29, 1.82) is 0 Å². The number of carbonyl (C=O) groups is 3. The zero-order chi connectivity index (χ0) is 21.6. The first-order valence-corrected chi connectivity index (χ1v) is 10.4. The molecule has 3 N–H and O–H groups in total. The van der Waals surface area contributed by atoms with E-state index >= 15 is 0 Å². The van der Waals surface area contributed by atoms with Crippen molar-refractivity contribution in [3.05, 3.63) is 60.0 Å². The minimum Gasteiger partial charge on any atom is -0.356 e. The second-order valence-corrected chi connectivity index (χ2v) is 7.47. The summed E-state index contributed by atoms with van der Waals surface area (Å²) in [6.07, 6.45) is 5.34. The van der Waals surface area contributed by atoms with Gasteiger partial charge in [0.1, 0.15) is 11.9 Å². The van der Waals surface area contributed by atoms with Crippen molar-refractivity contribution in [1.82, 2.24) is 25.2 Å². The van der Waals surface area contributed by atoms with Gasteiger partial charge in [-0.05, 0) is 37.1 Å². The number of pyridine rings is 1. The largest absolute Gasteiger partial charge is 0.356 e. The quantitative estimate of drug-likeness (QED) is 0.480. The highest BCUT2D eigenvalue weighted by molar-refractivity contribution is 6.10. The van der Waals surface area contributed by atoms with Gasteiger partial charge >= 0.3 is 0 Å². The number of anilines is 1. The van der Waals surface area contributed by atoms with Crippen LogP contribution in [-0.4, -0.2) is 44.9 Å². The van der Waals surface area contributed by atoms with Gasteiger partial charge in [-0.25, -0.2) is 0 Å². The Bertz CT molecular complexity index is 1110. The maximum Gasteiger partial charge on any atom is 0.254 e. The zero-order valence-electron chi connectivity index (χ0n) is 17.0. The van der Waals surface area contributed by atoms with Gasteiger partial charge in [-0.3, -0.25) is 18.8 Å². The molecule has 0 spiro atoms. The highest BCUT2D eigenvalue weighted by Crippen LogP contribution is 2.18. The van der Waals surface area contributed by atoms with Gasteiger partial charge in [-0.2, -0.15) is 0 Å². The third-order valence-electron chi connectivity index (χ3n) is 5.22. The number of nitrogens with zero attached hydrogens (tertiary/aromatic N) is 3. The van der Waals surface area contributed by atoms with E-state index in [-0.39, 0.29) is 18.2 Å². The predicted octanol–water partition coefficient (Wildman–Crippen LogP) is 1.70. The van der Waals surface area contributed by atoms with Crippen molar-refractivity contribution in [2.75, 3.05) is 11.9 Å². The van der Waals surface area contributed by atoms with Crippen molar-refractivity contribution in [3.8, 4) is 0 Å². The number of amides is 3. The van der Waals surface area contributed by atoms with Gasteiger partial charge in [0, 0.05) is 19.2 Å². The first-order chi connectivity index (χ1) is 15.1. The Kier molecular flexibility index (Phi) is 6.21. The van der Waals surface area contributed by atoms with Crippen LogP contribution in [0.3, 0.4) is 0 Å². The van der Waals surface area contributed by atoms with Gasteiger partial charge in [-0.1, -0.05) is 24.6 Å². The topological polar surface area (TPSA) is 117 Å². The molecule has 31 heavy (non-hydrogen) atoms. The van der Waals surface area contributed by atoms with Gasteiger partial charge < -0.3 is 16.0 Å². The van der Waals surface area contributed by atoms with Gasteiger partial charge in [0.25, 0.3) is 5.91 Å². The van der Waals surface area contributed by atoms with E-state index in [0.29, 0.717) is 17.8 Å². The van der Waals surface area contributed by atoms with Crippen LogP contribution in [0.4, 0.5) is 5.69 Å².